The van der Waals surface area contributed by atoms with Crippen molar-refractivity contribution in [2.45, 2.75) is 44.6 Å². The summed E-state index contributed by atoms with van der Waals surface area (Å²) >= 11 is 0. The Balaban J connectivity index is 1.99. The van der Waals surface area contributed by atoms with Crippen LogP contribution in [0.1, 0.15) is 44.1 Å². The highest BCUT2D eigenvalue weighted by Crippen LogP contribution is 2.22. The molecule has 1 aliphatic rings. The number of hydrogen-bond donors (Lipinski definition) is 1. The van der Waals surface area contributed by atoms with Gasteiger partial charge < -0.3 is 5.32 Å². The summed E-state index contributed by atoms with van der Waals surface area (Å²) in [6.07, 6.45) is 4.46. The quantitative estimate of drug-likeness (QED) is 0.669. The highest BCUT2D eigenvalue weighted by atomic mass is 16.6. The molecule has 1 N–H and O–H groups in total. The number of hydrogen-bond acceptors (Lipinski definition) is 3. The Morgan fingerprint density at radius 1 is 1.32 bits per heavy atom. The summed E-state index contributed by atoms with van der Waals surface area (Å²) in [5.74, 6) is -0.276. The Kier molecular flexibility index (Phi) is 4.14. The predicted molar refractivity (Wildman–Crippen MR) is 71.9 cm³/mol. The minimum absolute atomic E-state index is 0.000697. The normalized spacial score (nSPS) is 17.1. The molecule has 1 aromatic carbocycles. The van der Waals surface area contributed by atoms with Crippen molar-refractivity contribution >= 4 is 11.6 Å². The Bertz CT molecular complexity index is 464. The molecule has 1 atom stereocenters. The maximum Gasteiger partial charge on any atom is 0.269 e. The fraction of sp³-hybridized carbons (Fsp3) is 0.500. The average Bonchev–Trinajstić information content (AvgIpc) is 2.90. The van der Waals surface area contributed by atoms with E-state index in [1.54, 1.807) is 12.1 Å². The zero-order valence-corrected chi connectivity index (χ0v) is 11.0. The fourth-order valence-electron chi connectivity index (χ4n) is 2.43. The van der Waals surface area contributed by atoms with Gasteiger partial charge in [0.25, 0.3) is 5.69 Å². The smallest absolute Gasteiger partial charge is 0.269 e. The van der Waals surface area contributed by atoms with E-state index in [0.717, 1.165) is 18.4 Å². The first-order chi connectivity index (χ1) is 9.08. The molecule has 102 valence electrons. The van der Waals surface area contributed by atoms with E-state index in [4.69, 9.17) is 0 Å². The Morgan fingerprint density at radius 2 is 1.89 bits per heavy atom. The molecular weight excluding hydrogens is 244 g/mol. The van der Waals surface area contributed by atoms with Gasteiger partial charge in [-0.15, -0.1) is 0 Å². The molecule has 5 nitrogen and oxygen atoms in total. The van der Waals surface area contributed by atoms with Crippen LogP contribution in [-0.4, -0.2) is 16.9 Å². The lowest BCUT2D eigenvalue weighted by Gasteiger charge is -2.16. The van der Waals surface area contributed by atoms with Gasteiger partial charge in [0.05, 0.1) is 10.8 Å². The molecule has 0 heterocycles. The number of rotatable bonds is 4. The lowest BCUT2D eigenvalue weighted by molar-refractivity contribution is -0.384. The molecule has 0 aliphatic heterocycles. The highest BCUT2D eigenvalue weighted by Gasteiger charge is 2.21. The van der Waals surface area contributed by atoms with E-state index in [0.29, 0.717) is 6.04 Å². The third-order valence-electron chi connectivity index (χ3n) is 3.70. The fourth-order valence-corrected chi connectivity index (χ4v) is 2.43. The summed E-state index contributed by atoms with van der Waals surface area (Å²) in [6.45, 7) is 1.82. The molecule has 1 fully saturated rings. The first-order valence-electron chi connectivity index (χ1n) is 6.62. The van der Waals surface area contributed by atoms with Crippen molar-refractivity contribution in [1.82, 2.24) is 5.32 Å². The molecule has 1 aromatic rings. The number of carbonyl (C=O) groups is 1. The third-order valence-corrected chi connectivity index (χ3v) is 3.70. The molecule has 1 saturated carbocycles. The average molecular weight is 262 g/mol. The van der Waals surface area contributed by atoms with Crippen LogP contribution in [0.15, 0.2) is 24.3 Å². The van der Waals surface area contributed by atoms with Crippen molar-refractivity contribution in [2.75, 3.05) is 0 Å². The van der Waals surface area contributed by atoms with Gasteiger partial charge in [0, 0.05) is 18.2 Å². The minimum Gasteiger partial charge on any atom is -0.353 e. The van der Waals surface area contributed by atoms with Gasteiger partial charge in [-0.05, 0) is 25.3 Å². The van der Waals surface area contributed by atoms with Crippen molar-refractivity contribution in [3.8, 4) is 0 Å². The van der Waals surface area contributed by atoms with Crippen LogP contribution in [0.2, 0.25) is 0 Å². The van der Waals surface area contributed by atoms with Gasteiger partial charge >= 0.3 is 0 Å². The van der Waals surface area contributed by atoms with Gasteiger partial charge in [-0.3, -0.25) is 14.9 Å². The topological polar surface area (TPSA) is 72.2 Å². The second-order valence-electron chi connectivity index (χ2n) is 5.06. The van der Waals surface area contributed by atoms with Gasteiger partial charge in [-0.25, -0.2) is 0 Å². The number of non-ortho nitro benzene ring substituents is 1. The van der Waals surface area contributed by atoms with Crippen molar-refractivity contribution in [3.05, 3.63) is 39.9 Å². The van der Waals surface area contributed by atoms with E-state index in [2.05, 4.69) is 5.32 Å². The van der Waals surface area contributed by atoms with E-state index in [-0.39, 0.29) is 17.5 Å². The SMILES string of the molecule is CC(C(=O)NC1CCCC1)c1ccc([N+](=O)[O-])cc1. The molecule has 0 bridgehead atoms. The zero-order valence-electron chi connectivity index (χ0n) is 11.0. The molecule has 5 heteroatoms. The van der Waals surface area contributed by atoms with E-state index >= 15 is 0 Å². The minimum atomic E-state index is -0.437. The van der Waals surface area contributed by atoms with Crippen LogP contribution >= 0.6 is 0 Å². The molecule has 2 rings (SSSR count). The van der Waals surface area contributed by atoms with Crippen LogP contribution in [0, 0.1) is 10.1 Å². The molecule has 1 aliphatic carbocycles. The number of nitro benzene ring substituents is 1. The van der Waals surface area contributed by atoms with Crippen molar-refractivity contribution in [1.29, 1.82) is 0 Å². The van der Waals surface area contributed by atoms with Gasteiger partial charge in [-0.1, -0.05) is 25.0 Å². The third kappa shape index (κ3) is 3.30. The number of carbonyl (C=O) groups excluding carboxylic acids is 1. The largest absolute Gasteiger partial charge is 0.353 e. The van der Waals surface area contributed by atoms with Crippen LogP contribution in [0.3, 0.4) is 0 Å². The van der Waals surface area contributed by atoms with E-state index < -0.39 is 4.92 Å². The number of nitrogens with zero attached hydrogens (tertiary/aromatic N) is 1. The predicted octanol–water partition coefficient (Wildman–Crippen LogP) is 2.76. The summed E-state index contributed by atoms with van der Waals surface area (Å²) in [7, 11) is 0. The first kappa shape index (κ1) is 13.5. The van der Waals surface area contributed by atoms with Crippen LogP contribution in [0.25, 0.3) is 0 Å². The number of nitro groups is 1. The lowest BCUT2D eigenvalue weighted by Crippen LogP contribution is -2.35. The van der Waals surface area contributed by atoms with Crippen molar-refractivity contribution < 1.29 is 9.72 Å². The summed E-state index contributed by atoms with van der Waals surface area (Å²) in [5.41, 5.74) is 0.855. The summed E-state index contributed by atoms with van der Waals surface area (Å²) < 4.78 is 0. The number of amides is 1. The number of nitrogens with one attached hydrogen (secondary N) is 1. The van der Waals surface area contributed by atoms with Crippen LogP contribution in [-0.2, 0) is 4.79 Å². The zero-order chi connectivity index (χ0) is 13.8. The van der Waals surface area contributed by atoms with Crippen LogP contribution < -0.4 is 5.32 Å². The Labute approximate surface area is 112 Å². The van der Waals surface area contributed by atoms with Crippen molar-refractivity contribution in [2.24, 2.45) is 0 Å². The van der Waals surface area contributed by atoms with E-state index in [9.17, 15) is 14.9 Å². The van der Waals surface area contributed by atoms with Gasteiger partial charge in [-0.2, -0.15) is 0 Å². The summed E-state index contributed by atoms with van der Waals surface area (Å²) in [5, 5.41) is 13.6. The standard InChI is InChI=1S/C14H18N2O3/c1-10(14(17)15-12-4-2-3-5-12)11-6-8-13(9-7-11)16(18)19/h6-10,12H,2-5H2,1H3,(H,15,17). The molecule has 0 saturated heterocycles. The maximum atomic E-state index is 12.1. The first-order valence-corrected chi connectivity index (χ1v) is 6.62. The van der Waals surface area contributed by atoms with Crippen molar-refractivity contribution in [3.63, 3.8) is 0 Å². The number of benzene rings is 1. The highest BCUT2D eigenvalue weighted by molar-refractivity contribution is 5.83. The molecule has 19 heavy (non-hydrogen) atoms. The summed E-state index contributed by atoms with van der Waals surface area (Å²) in [4.78, 5) is 22.2. The Hall–Kier alpha value is -1.91. The van der Waals surface area contributed by atoms with Crippen LogP contribution in [0.5, 0.6) is 0 Å². The molecule has 0 radical (unpaired) electrons. The maximum absolute atomic E-state index is 12.1. The molecule has 0 aromatic heterocycles. The lowest BCUT2D eigenvalue weighted by atomic mass is 9.99. The second-order valence-corrected chi connectivity index (χ2v) is 5.06. The van der Waals surface area contributed by atoms with Crippen LogP contribution in [0.4, 0.5) is 5.69 Å². The Morgan fingerprint density at radius 3 is 2.42 bits per heavy atom. The summed E-state index contributed by atoms with van der Waals surface area (Å²) in [6, 6.07) is 6.48. The molecule has 1 unspecified atom stereocenters. The van der Waals surface area contributed by atoms with Gasteiger partial charge in [0.1, 0.15) is 0 Å². The monoisotopic (exact) mass is 262 g/mol. The molecule has 1 amide bonds. The second kappa shape index (κ2) is 5.82. The molecular formula is C14H18N2O3. The molecule has 0 spiro atoms. The van der Waals surface area contributed by atoms with Gasteiger partial charge in [0.2, 0.25) is 5.91 Å². The van der Waals surface area contributed by atoms with E-state index in [1.807, 2.05) is 6.92 Å². The van der Waals surface area contributed by atoms with E-state index in [1.165, 1.54) is 25.0 Å². The van der Waals surface area contributed by atoms with Gasteiger partial charge in [0.15, 0.2) is 0 Å².